The molecule has 0 spiro atoms. The van der Waals surface area contributed by atoms with E-state index in [0.717, 1.165) is 4.57 Å². The van der Waals surface area contributed by atoms with Crippen molar-refractivity contribution in [3.05, 3.63) is 104 Å². The van der Waals surface area contributed by atoms with Gasteiger partial charge in [-0.3, -0.25) is 4.57 Å². The largest absolute Gasteiger partial charge is 0.507 e. The summed E-state index contributed by atoms with van der Waals surface area (Å²) >= 11 is 5.94. The Hall–Kier alpha value is -4.71. The second-order valence-corrected chi connectivity index (χ2v) is 7.97. The second-order valence-electron chi connectivity index (χ2n) is 7.53. The molecule has 13 heteroatoms. The fourth-order valence-corrected chi connectivity index (χ4v) is 3.36. The molecule has 0 aliphatic carbocycles. The van der Waals surface area contributed by atoms with Gasteiger partial charge in [-0.15, -0.1) is 0 Å². The number of alkyl halides is 1. The van der Waals surface area contributed by atoms with Gasteiger partial charge in [-0.05, 0) is 54.1 Å². The lowest BCUT2D eigenvalue weighted by molar-refractivity contribution is 0.0610. The van der Waals surface area contributed by atoms with Crippen molar-refractivity contribution in [2.45, 2.75) is 20.0 Å². The van der Waals surface area contributed by atoms with Crippen LogP contribution in [0.5, 0.6) is 11.6 Å². The number of hydrogen-bond donors (Lipinski definition) is 2. The summed E-state index contributed by atoms with van der Waals surface area (Å²) in [6, 6.07) is 16.2. The third-order valence-electron chi connectivity index (χ3n) is 5.04. The summed E-state index contributed by atoms with van der Waals surface area (Å²) in [6.45, 7) is -1.56. The minimum Gasteiger partial charge on any atom is -0.450 e. The van der Waals surface area contributed by atoms with Gasteiger partial charge >= 0.3 is 17.5 Å². The molecular formula is C24H19ClFN5O6. The molecule has 4 aromatic rings. The molecule has 0 aliphatic rings. The van der Waals surface area contributed by atoms with Crippen molar-refractivity contribution in [3.8, 4) is 11.6 Å². The number of carboxylic acid groups (broad SMARTS) is 1. The van der Waals surface area contributed by atoms with Crippen molar-refractivity contribution in [1.29, 1.82) is 0 Å². The summed E-state index contributed by atoms with van der Waals surface area (Å²) < 4.78 is 24.9. The Bertz CT molecular complexity index is 1520. The number of pyridine rings is 1. The van der Waals surface area contributed by atoms with Crippen molar-refractivity contribution in [1.82, 2.24) is 19.1 Å². The number of aromatic nitrogens is 4. The van der Waals surface area contributed by atoms with E-state index in [4.69, 9.17) is 21.4 Å². The van der Waals surface area contributed by atoms with Crippen molar-refractivity contribution in [3.63, 3.8) is 0 Å². The van der Waals surface area contributed by atoms with Crippen molar-refractivity contribution in [2.75, 3.05) is 5.32 Å². The Kier molecular flexibility index (Phi) is 7.79. The van der Waals surface area contributed by atoms with Gasteiger partial charge in [0.1, 0.15) is 12.4 Å². The van der Waals surface area contributed by atoms with Crippen molar-refractivity contribution < 1.29 is 23.8 Å². The minimum atomic E-state index is -1.65. The standard InChI is InChI=1S/C24H19ClFN5O6/c25-17-5-3-15(4-6-17)13-30-21(29-22(32)31(23(30)33)14-36-24(34)35)28-18-7-9-19(10-8-18)37-20-16(12-26)2-1-11-27-20/h1-11H,12-14H2,(H,34,35)(H,28,29,32). The lowest BCUT2D eigenvalue weighted by atomic mass is 10.2. The first-order valence-electron chi connectivity index (χ1n) is 10.7. The van der Waals surface area contributed by atoms with E-state index in [-0.39, 0.29) is 18.4 Å². The molecule has 11 nitrogen and oxygen atoms in total. The summed E-state index contributed by atoms with van der Waals surface area (Å²) in [4.78, 5) is 44.3. The summed E-state index contributed by atoms with van der Waals surface area (Å²) in [7, 11) is 0. The van der Waals surface area contributed by atoms with Gasteiger partial charge in [0.2, 0.25) is 11.8 Å². The number of anilines is 2. The van der Waals surface area contributed by atoms with Gasteiger partial charge in [-0.1, -0.05) is 23.7 Å². The highest BCUT2D eigenvalue weighted by Crippen LogP contribution is 2.25. The molecule has 2 aromatic carbocycles. The van der Waals surface area contributed by atoms with Gasteiger partial charge in [0.25, 0.3) is 0 Å². The third kappa shape index (κ3) is 6.30. The lowest BCUT2D eigenvalue weighted by Crippen LogP contribution is -2.43. The van der Waals surface area contributed by atoms with Gasteiger partial charge in [-0.25, -0.2) is 28.3 Å². The molecule has 37 heavy (non-hydrogen) atoms. The number of rotatable bonds is 9. The molecule has 0 radical (unpaired) electrons. The molecule has 0 aliphatic heterocycles. The third-order valence-corrected chi connectivity index (χ3v) is 5.29. The highest BCUT2D eigenvalue weighted by molar-refractivity contribution is 6.30. The predicted octanol–water partition coefficient (Wildman–Crippen LogP) is 4.16. The van der Waals surface area contributed by atoms with Crippen LogP contribution in [0.1, 0.15) is 11.1 Å². The first kappa shape index (κ1) is 25.4. The molecule has 0 bridgehead atoms. The van der Waals surface area contributed by atoms with Crippen LogP contribution in [0.2, 0.25) is 5.02 Å². The molecule has 2 heterocycles. The molecule has 190 valence electrons. The SMILES string of the molecule is O=C(O)OCn1c(=O)nc(Nc2ccc(Oc3ncccc3CF)cc2)n(Cc2ccc(Cl)cc2)c1=O. The highest BCUT2D eigenvalue weighted by atomic mass is 35.5. The highest BCUT2D eigenvalue weighted by Gasteiger charge is 2.16. The van der Waals surface area contributed by atoms with Crippen LogP contribution >= 0.6 is 11.6 Å². The molecule has 0 atom stereocenters. The van der Waals surface area contributed by atoms with Gasteiger partial charge in [-0.2, -0.15) is 4.98 Å². The maximum atomic E-state index is 13.2. The number of nitrogens with zero attached hydrogens (tertiary/aromatic N) is 4. The van der Waals surface area contributed by atoms with Gasteiger partial charge < -0.3 is 19.9 Å². The summed E-state index contributed by atoms with van der Waals surface area (Å²) in [6.07, 6.45) is -0.163. The second kappa shape index (κ2) is 11.4. The molecule has 0 unspecified atom stereocenters. The number of ether oxygens (including phenoxy) is 2. The first-order chi connectivity index (χ1) is 17.8. The normalized spacial score (nSPS) is 10.6. The van der Waals surface area contributed by atoms with E-state index in [0.29, 0.717) is 32.2 Å². The fourth-order valence-electron chi connectivity index (χ4n) is 3.23. The molecular weight excluding hydrogens is 509 g/mol. The van der Waals surface area contributed by atoms with Crippen molar-refractivity contribution >= 4 is 29.4 Å². The van der Waals surface area contributed by atoms with Crippen LogP contribution in [0, 0.1) is 0 Å². The zero-order chi connectivity index (χ0) is 26.4. The van der Waals surface area contributed by atoms with Crippen LogP contribution in [-0.2, 0) is 24.7 Å². The summed E-state index contributed by atoms with van der Waals surface area (Å²) in [5.41, 5.74) is -0.423. The number of hydrogen-bond acceptors (Lipinski definition) is 8. The lowest BCUT2D eigenvalue weighted by Gasteiger charge is -2.16. The van der Waals surface area contributed by atoms with E-state index in [1.807, 2.05) is 0 Å². The monoisotopic (exact) mass is 527 g/mol. The summed E-state index contributed by atoms with van der Waals surface area (Å²) in [5.74, 6) is 0.428. The average molecular weight is 528 g/mol. The van der Waals surface area contributed by atoms with E-state index in [1.165, 1.54) is 6.20 Å². The first-order valence-corrected chi connectivity index (χ1v) is 11.1. The van der Waals surface area contributed by atoms with Gasteiger partial charge in [0.05, 0.1) is 6.54 Å². The fraction of sp³-hybridized carbons (Fsp3) is 0.125. The van der Waals surface area contributed by atoms with E-state index in [9.17, 15) is 18.8 Å². The van der Waals surface area contributed by atoms with Crippen LogP contribution < -0.4 is 21.4 Å². The van der Waals surface area contributed by atoms with Crippen molar-refractivity contribution in [2.24, 2.45) is 0 Å². The quantitative estimate of drug-likeness (QED) is 0.307. The maximum absolute atomic E-state index is 13.2. The molecule has 4 rings (SSSR count). The Labute approximate surface area is 213 Å². The van der Waals surface area contributed by atoms with Gasteiger partial charge in [0, 0.05) is 22.5 Å². The number of carbonyl (C=O) groups is 1. The van der Waals surface area contributed by atoms with Crippen LogP contribution in [-0.4, -0.2) is 30.4 Å². The minimum absolute atomic E-state index is 0.00837. The molecule has 0 fully saturated rings. The number of nitrogens with one attached hydrogen (secondary N) is 1. The number of halogens is 2. The Morgan fingerprint density at radius 3 is 2.46 bits per heavy atom. The topological polar surface area (TPSA) is 138 Å². The van der Waals surface area contributed by atoms with E-state index >= 15 is 0 Å². The molecule has 0 saturated heterocycles. The van der Waals surface area contributed by atoms with Crippen LogP contribution in [0.3, 0.4) is 0 Å². The Morgan fingerprint density at radius 1 is 1.05 bits per heavy atom. The number of benzene rings is 2. The maximum Gasteiger partial charge on any atom is 0.507 e. The van der Waals surface area contributed by atoms with E-state index in [1.54, 1.807) is 60.7 Å². The molecule has 0 amide bonds. The van der Waals surface area contributed by atoms with E-state index < -0.39 is 30.9 Å². The zero-order valence-electron chi connectivity index (χ0n) is 19.0. The molecule has 0 saturated carbocycles. The predicted molar refractivity (Wildman–Crippen MR) is 131 cm³/mol. The van der Waals surface area contributed by atoms with Gasteiger partial charge in [0.15, 0.2) is 6.73 Å². The summed E-state index contributed by atoms with van der Waals surface area (Å²) in [5, 5.41) is 12.2. The average Bonchev–Trinajstić information content (AvgIpc) is 2.88. The van der Waals surface area contributed by atoms with E-state index in [2.05, 4.69) is 20.0 Å². The molecule has 2 aromatic heterocycles. The van der Waals surface area contributed by atoms with Crippen LogP contribution in [0.4, 0.5) is 20.8 Å². The van der Waals surface area contributed by atoms with Crippen LogP contribution in [0.15, 0.2) is 76.4 Å². The molecule has 2 N–H and O–H groups in total. The zero-order valence-corrected chi connectivity index (χ0v) is 19.8. The Balaban J connectivity index is 1.64. The smallest absolute Gasteiger partial charge is 0.450 e. The Morgan fingerprint density at radius 2 is 1.78 bits per heavy atom. The van der Waals surface area contributed by atoms with Crippen LogP contribution in [0.25, 0.3) is 0 Å².